The number of amides is 1. The largest absolute Gasteiger partial charge is 0.329 e. The molecule has 3 aromatic heterocycles. The highest BCUT2D eigenvalue weighted by molar-refractivity contribution is 6.08. The lowest BCUT2D eigenvalue weighted by molar-refractivity contribution is 0.102. The monoisotopic (exact) mass is 338 g/mol. The van der Waals surface area contributed by atoms with Crippen LogP contribution < -0.4 is 16.2 Å². The third-order valence-corrected chi connectivity index (χ3v) is 4.44. The van der Waals surface area contributed by atoms with E-state index in [-0.39, 0.29) is 11.5 Å². The maximum Gasteiger partial charge on any atom is 0.279 e. The average molecular weight is 338 g/mol. The molecule has 3 aromatic rings. The summed E-state index contributed by atoms with van der Waals surface area (Å²) < 4.78 is 3.34. The standard InChI is InChI=1S/C17H18N6O2/c1-2-22-14-5-7-19-9-12(14)17(25)23-16(22)13(10-20-23)15(24)21-11-4-3-6-18-8-11/h3-4,6,8,10,19H,2,5,7,9H2,1H3,(H,21,24). The molecule has 2 N–H and O–H groups in total. The molecule has 8 heteroatoms. The number of pyridine rings is 1. The number of aromatic nitrogens is 4. The summed E-state index contributed by atoms with van der Waals surface area (Å²) in [6.45, 7) is 4.00. The molecule has 0 bridgehead atoms. The van der Waals surface area contributed by atoms with E-state index in [1.165, 1.54) is 10.7 Å². The Morgan fingerprint density at radius 3 is 3.04 bits per heavy atom. The van der Waals surface area contributed by atoms with Crippen molar-refractivity contribution in [2.24, 2.45) is 0 Å². The number of nitrogens with zero attached hydrogens (tertiary/aromatic N) is 4. The van der Waals surface area contributed by atoms with Crippen molar-refractivity contribution in [3.05, 3.63) is 57.9 Å². The molecule has 1 amide bonds. The third-order valence-electron chi connectivity index (χ3n) is 4.44. The van der Waals surface area contributed by atoms with E-state index in [9.17, 15) is 9.59 Å². The normalized spacial score (nSPS) is 13.6. The predicted octanol–water partition coefficient (Wildman–Crippen LogP) is 0.809. The van der Waals surface area contributed by atoms with Crippen LogP contribution in [0.15, 0.2) is 35.5 Å². The zero-order valence-electron chi connectivity index (χ0n) is 13.8. The van der Waals surface area contributed by atoms with E-state index in [4.69, 9.17) is 0 Å². The molecule has 0 unspecified atom stereocenters. The first-order valence-electron chi connectivity index (χ1n) is 8.25. The highest BCUT2D eigenvalue weighted by Crippen LogP contribution is 2.18. The third kappa shape index (κ3) is 2.51. The van der Waals surface area contributed by atoms with Gasteiger partial charge in [-0.3, -0.25) is 14.6 Å². The van der Waals surface area contributed by atoms with Crippen molar-refractivity contribution in [2.45, 2.75) is 26.4 Å². The van der Waals surface area contributed by atoms with Crippen molar-refractivity contribution in [2.75, 3.05) is 11.9 Å². The van der Waals surface area contributed by atoms with Gasteiger partial charge in [-0.25, -0.2) is 0 Å². The Morgan fingerprint density at radius 2 is 2.28 bits per heavy atom. The second kappa shape index (κ2) is 6.14. The van der Waals surface area contributed by atoms with Crippen LogP contribution in [0.1, 0.15) is 28.5 Å². The molecule has 0 aliphatic carbocycles. The molecule has 0 spiro atoms. The summed E-state index contributed by atoms with van der Waals surface area (Å²) in [6.07, 6.45) is 5.42. The topological polar surface area (TPSA) is 93.3 Å². The number of anilines is 1. The minimum atomic E-state index is -0.307. The van der Waals surface area contributed by atoms with Crippen LogP contribution in [0.5, 0.6) is 0 Å². The fraction of sp³-hybridized carbons (Fsp3) is 0.294. The highest BCUT2D eigenvalue weighted by Gasteiger charge is 2.24. The lowest BCUT2D eigenvalue weighted by Crippen LogP contribution is -2.36. The molecule has 128 valence electrons. The number of rotatable bonds is 3. The van der Waals surface area contributed by atoms with Gasteiger partial charge in [-0.1, -0.05) is 0 Å². The lowest BCUT2D eigenvalue weighted by atomic mass is 10.1. The average Bonchev–Trinajstić information content (AvgIpc) is 3.08. The van der Waals surface area contributed by atoms with Gasteiger partial charge in [0.05, 0.1) is 23.6 Å². The van der Waals surface area contributed by atoms with Gasteiger partial charge >= 0.3 is 0 Å². The first kappa shape index (κ1) is 15.5. The van der Waals surface area contributed by atoms with Crippen molar-refractivity contribution in [3.8, 4) is 0 Å². The van der Waals surface area contributed by atoms with Crippen LogP contribution >= 0.6 is 0 Å². The molecule has 0 saturated carbocycles. The van der Waals surface area contributed by atoms with Crippen molar-refractivity contribution >= 4 is 17.2 Å². The molecule has 25 heavy (non-hydrogen) atoms. The molecule has 4 heterocycles. The highest BCUT2D eigenvalue weighted by atomic mass is 16.2. The molecule has 4 rings (SSSR count). The fourth-order valence-corrected chi connectivity index (χ4v) is 3.31. The van der Waals surface area contributed by atoms with Crippen LogP contribution in [-0.2, 0) is 19.5 Å². The number of aryl methyl sites for hydroxylation is 1. The van der Waals surface area contributed by atoms with E-state index in [0.29, 0.717) is 30.0 Å². The second-order valence-corrected chi connectivity index (χ2v) is 5.89. The van der Waals surface area contributed by atoms with E-state index >= 15 is 0 Å². The van der Waals surface area contributed by atoms with E-state index in [1.54, 1.807) is 24.5 Å². The number of carbonyl (C=O) groups excluding carboxylic acids is 1. The molecule has 0 radical (unpaired) electrons. The number of nitrogens with one attached hydrogen (secondary N) is 2. The Hall–Kier alpha value is -3.00. The smallest absolute Gasteiger partial charge is 0.279 e. The van der Waals surface area contributed by atoms with Crippen LogP contribution in [0, 0.1) is 0 Å². The number of hydrogen-bond donors (Lipinski definition) is 2. The molecule has 1 aliphatic rings. The first-order chi connectivity index (χ1) is 12.2. The Labute approximate surface area is 143 Å². The molecular formula is C17H18N6O2. The number of fused-ring (bicyclic) bond motifs is 2. The fourth-order valence-electron chi connectivity index (χ4n) is 3.31. The predicted molar refractivity (Wildman–Crippen MR) is 92.7 cm³/mol. The van der Waals surface area contributed by atoms with E-state index < -0.39 is 0 Å². The van der Waals surface area contributed by atoms with Crippen LogP contribution in [-0.4, -0.2) is 31.6 Å². The molecule has 0 saturated heterocycles. The molecule has 0 aromatic carbocycles. The van der Waals surface area contributed by atoms with E-state index in [0.717, 1.165) is 24.2 Å². The summed E-state index contributed by atoms with van der Waals surface area (Å²) >= 11 is 0. The zero-order valence-corrected chi connectivity index (χ0v) is 13.8. The zero-order chi connectivity index (χ0) is 17.4. The quantitative estimate of drug-likeness (QED) is 0.737. The van der Waals surface area contributed by atoms with Gasteiger partial charge < -0.3 is 15.2 Å². The van der Waals surface area contributed by atoms with Gasteiger partial charge in [0, 0.05) is 37.9 Å². The van der Waals surface area contributed by atoms with Gasteiger partial charge in [0.15, 0.2) is 5.65 Å². The Kier molecular flexibility index (Phi) is 3.81. The maximum atomic E-state index is 12.7. The lowest BCUT2D eigenvalue weighted by Gasteiger charge is -2.22. The van der Waals surface area contributed by atoms with Gasteiger partial charge in [-0.15, -0.1) is 0 Å². The minimum Gasteiger partial charge on any atom is -0.329 e. The SMILES string of the molecule is CCn1c2c(c(=O)n3ncc(C(=O)Nc4cccnc4)c13)CNCC2. The number of hydrogen-bond acceptors (Lipinski definition) is 5. The van der Waals surface area contributed by atoms with Crippen molar-refractivity contribution in [1.82, 2.24) is 24.5 Å². The van der Waals surface area contributed by atoms with Gasteiger partial charge in [0.1, 0.15) is 5.56 Å². The minimum absolute atomic E-state index is 0.165. The van der Waals surface area contributed by atoms with Gasteiger partial charge in [0.25, 0.3) is 11.5 Å². The summed E-state index contributed by atoms with van der Waals surface area (Å²) in [5.41, 5.74) is 3.05. The summed E-state index contributed by atoms with van der Waals surface area (Å²) in [6, 6.07) is 3.51. The van der Waals surface area contributed by atoms with Crippen molar-refractivity contribution in [1.29, 1.82) is 0 Å². The molecule has 8 nitrogen and oxygen atoms in total. The summed E-state index contributed by atoms with van der Waals surface area (Å²) in [4.78, 5) is 29.4. The summed E-state index contributed by atoms with van der Waals surface area (Å²) in [7, 11) is 0. The molecule has 0 atom stereocenters. The van der Waals surface area contributed by atoms with Gasteiger partial charge in [-0.2, -0.15) is 9.61 Å². The summed E-state index contributed by atoms with van der Waals surface area (Å²) in [5, 5.41) is 10.2. The van der Waals surface area contributed by atoms with Crippen LogP contribution in [0.25, 0.3) is 5.65 Å². The van der Waals surface area contributed by atoms with Crippen molar-refractivity contribution < 1.29 is 4.79 Å². The first-order valence-corrected chi connectivity index (χ1v) is 8.25. The van der Waals surface area contributed by atoms with E-state index in [2.05, 4.69) is 20.7 Å². The summed E-state index contributed by atoms with van der Waals surface area (Å²) in [5.74, 6) is -0.307. The molecule has 0 fully saturated rings. The van der Waals surface area contributed by atoms with Gasteiger partial charge in [-0.05, 0) is 19.1 Å². The Balaban J connectivity index is 1.87. The Morgan fingerprint density at radius 1 is 1.40 bits per heavy atom. The van der Waals surface area contributed by atoms with E-state index in [1.807, 2.05) is 11.5 Å². The van der Waals surface area contributed by atoms with Gasteiger partial charge in [0.2, 0.25) is 0 Å². The maximum absolute atomic E-state index is 12.7. The van der Waals surface area contributed by atoms with Crippen molar-refractivity contribution in [3.63, 3.8) is 0 Å². The Bertz CT molecular complexity index is 1010. The molecular weight excluding hydrogens is 320 g/mol. The van der Waals surface area contributed by atoms with Crippen LogP contribution in [0.2, 0.25) is 0 Å². The van der Waals surface area contributed by atoms with Crippen LogP contribution in [0.4, 0.5) is 5.69 Å². The second-order valence-electron chi connectivity index (χ2n) is 5.89. The molecule has 1 aliphatic heterocycles. The van der Waals surface area contributed by atoms with Crippen LogP contribution in [0.3, 0.4) is 0 Å². The number of carbonyl (C=O) groups is 1.